The average Bonchev–Trinajstić information content (AvgIpc) is 2.37. The Hall–Kier alpha value is -2.24. The number of hydrogen-bond acceptors (Lipinski definition) is 4. The van der Waals surface area contributed by atoms with Gasteiger partial charge < -0.3 is 19.9 Å². The number of ether oxygens (including phenoxy) is 2. The van der Waals surface area contributed by atoms with Gasteiger partial charge in [-0.2, -0.15) is 0 Å². The first-order valence-electron chi connectivity index (χ1n) is 5.25. The van der Waals surface area contributed by atoms with Gasteiger partial charge >= 0.3 is 5.97 Å². The lowest BCUT2D eigenvalue weighted by atomic mass is 10.0. The Bertz CT molecular complexity index is 432. The summed E-state index contributed by atoms with van der Waals surface area (Å²) in [7, 11) is 2.99. The predicted octanol–water partition coefficient (Wildman–Crippen LogP) is 0.966. The summed E-state index contributed by atoms with van der Waals surface area (Å²) >= 11 is 0. The molecule has 0 unspecified atom stereocenters. The molecule has 18 heavy (non-hydrogen) atoms. The maximum absolute atomic E-state index is 10.8. The monoisotopic (exact) mass is 253 g/mol. The molecule has 0 aromatic heterocycles. The minimum atomic E-state index is -1.01. The second-order valence-electron chi connectivity index (χ2n) is 3.54. The van der Waals surface area contributed by atoms with Crippen LogP contribution in [0.1, 0.15) is 18.0 Å². The molecule has 6 heteroatoms. The summed E-state index contributed by atoms with van der Waals surface area (Å²) in [6.45, 7) is 0. The molecule has 1 aromatic carbocycles. The van der Waals surface area contributed by atoms with Gasteiger partial charge in [0.1, 0.15) is 11.5 Å². The fraction of sp³-hybridized carbons (Fsp3) is 0.333. The van der Waals surface area contributed by atoms with E-state index in [2.05, 4.69) is 5.32 Å². The van der Waals surface area contributed by atoms with E-state index in [9.17, 15) is 9.59 Å². The van der Waals surface area contributed by atoms with Crippen molar-refractivity contribution in [3.8, 4) is 11.5 Å². The van der Waals surface area contributed by atoms with Crippen LogP contribution in [0, 0.1) is 0 Å². The molecule has 0 aliphatic heterocycles. The van der Waals surface area contributed by atoms with Crippen molar-refractivity contribution in [3.05, 3.63) is 23.8 Å². The Labute approximate surface area is 105 Å². The number of aliphatic carboxylic acids is 1. The highest BCUT2D eigenvalue weighted by Gasteiger charge is 2.19. The molecule has 6 nitrogen and oxygen atoms in total. The van der Waals surface area contributed by atoms with E-state index in [-0.39, 0.29) is 6.42 Å². The van der Waals surface area contributed by atoms with Gasteiger partial charge in [0, 0.05) is 11.6 Å². The molecule has 0 spiro atoms. The Kier molecular flexibility index (Phi) is 4.98. The van der Waals surface area contributed by atoms with Crippen molar-refractivity contribution in [1.29, 1.82) is 0 Å². The number of carbonyl (C=O) groups excluding carboxylic acids is 1. The number of methoxy groups -OCH3 is 2. The molecule has 0 fully saturated rings. The minimum absolute atomic E-state index is 0.221. The molecule has 0 saturated carbocycles. The van der Waals surface area contributed by atoms with Crippen LogP contribution in [0.2, 0.25) is 0 Å². The van der Waals surface area contributed by atoms with Crippen LogP contribution in [-0.2, 0) is 9.59 Å². The molecule has 1 amide bonds. The van der Waals surface area contributed by atoms with Crippen LogP contribution < -0.4 is 14.8 Å². The van der Waals surface area contributed by atoms with Crippen LogP contribution in [0.25, 0.3) is 0 Å². The number of amides is 1. The molecule has 1 aromatic rings. The van der Waals surface area contributed by atoms with Gasteiger partial charge in [0.25, 0.3) is 0 Å². The van der Waals surface area contributed by atoms with Crippen molar-refractivity contribution in [3.63, 3.8) is 0 Å². The van der Waals surface area contributed by atoms with Crippen LogP contribution in [0.3, 0.4) is 0 Å². The third kappa shape index (κ3) is 3.38. The third-order valence-electron chi connectivity index (χ3n) is 2.46. The topological polar surface area (TPSA) is 84.9 Å². The molecule has 0 saturated heterocycles. The second-order valence-corrected chi connectivity index (χ2v) is 3.54. The van der Waals surface area contributed by atoms with Gasteiger partial charge in [0.05, 0.1) is 26.7 Å². The maximum atomic E-state index is 10.8. The van der Waals surface area contributed by atoms with E-state index in [4.69, 9.17) is 14.6 Å². The van der Waals surface area contributed by atoms with E-state index in [0.29, 0.717) is 23.5 Å². The lowest BCUT2D eigenvalue weighted by Gasteiger charge is -2.18. The average molecular weight is 253 g/mol. The minimum Gasteiger partial charge on any atom is -0.497 e. The summed E-state index contributed by atoms with van der Waals surface area (Å²) in [6, 6.07) is 4.35. The van der Waals surface area contributed by atoms with Crippen molar-refractivity contribution >= 4 is 12.4 Å². The Balaban J connectivity index is 3.09. The second kappa shape index (κ2) is 6.48. The fourth-order valence-corrected chi connectivity index (χ4v) is 1.62. The molecule has 0 heterocycles. The van der Waals surface area contributed by atoms with Gasteiger partial charge in [0.2, 0.25) is 6.41 Å². The largest absolute Gasteiger partial charge is 0.497 e. The smallest absolute Gasteiger partial charge is 0.305 e. The molecule has 2 N–H and O–H groups in total. The van der Waals surface area contributed by atoms with E-state index in [1.807, 2.05) is 0 Å². The number of benzene rings is 1. The molecular formula is C12H15NO5. The van der Waals surface area contributed by atoms with Gasteiger partial charge in [-0.1, -0.05) is 0 Å². The van der Waals surface area contributed by atoms with Crippen LogP contribution in [0.15, 0.2) is 18.2 Å². The maximum Gasteiger partial charge on any atom is 0.305 e. The van der Waals surface area contributed by atoms with E-state index in [1.54, 1.807) is 18.2 Å². The van der Waals surface area contributed by atoms with Crippen molar-refractivity contribution < 1.29 is 24.2 Å². The lowest BCUT2D eigenvalue weighted by Crippen LogP contribution is -2.23. The normalized spacial score (nSPS) is 11.4. The van der Waals surface area contributed by atoms with Crippen LogP contribution in [-0.4, -0.2) is 31.7 Å². The van der Waals surface area contributed by atoms with E-state index >= 15 is 0 Å². The van der Waals surface area contributed by atoms with Gasteiger partial charge in [0.15, 0.2) is 0 Å². The molecule has 1 atom stereocenters. The predicted molar refractivity (Wildman–Crippen MR) is 63.7 cm³/mol. The number of rotatable bonds is 7. The fourth-order valence-electron chi connectivity index (χ4n) is 1.62. The van der Waals surface area contributed by atoms with E-state index in [0.717, 1.165) is 0 Å². The zero-order valence-electron chi connectivity index (χ0n) is 10.2. The number of hydrogen-bond donors (Lipinski definition) is 2. The summed E-state index contributed by atoms with van der Waals surface area (Å²) < 4.78 is 10.2. The molecule has 0 radical (unpaired) electrons. The number of nitrogens with one attached hydrogen (secondary N) is 1. The van der Waals surface area contributed by atoms with Crippen LogP contribution >= 0.6 is 0 Å². The van der Waals surface area contributed by atoms with Crippen molar-refractivity contribution in [1.82, 2.24) is 5.32 Å². The lowest BCUT2D eigenvalue weighted by molar-refractivity contribution is -0.137. The van der Waals surface area contributed by atoms with Crippen molar-refractivity contribution in [2.45, 2.75) is 12.5 Å². The Morgan fingerprint density at radius 3 is 2.67 bits per heavy atom. The van der Waals surface area contributed by atoms with E-state index in [1.165, 1.54) is 14.2 Å². The Morgan fingerprint density at radius 2 is 2.17 bits per heavy atom. The summed E-state index contributed by atoms with van der Waals surface area (Å²) in [6.07, 6.45) is 0.249. The molecule has 0 bridgehead atoms. The van der Waals surface area contributed by atoms with Gasteiger partial charge in [-0.25, -0.2) is 0 Å². The first-order valence-corrected chi connectivity index (χ1v) is 5.25. The first-order chi connectivity index (χ1) is 8.62. The molecule has 0 aliphatic rings. The van der Waals surface area contributed by atoms with E-state index < -0.39 is 12.0 Å². The zero-order chi connectivity index (χ0) is 13.5. The zero-order valence-corrected chi connectivity index (χ0v) is 10.2. The molecule has 1 rings (SSSR count). The highest BCUT2D eigenvalue weighted by Crippen LogP contribution is 2.30. The van der Waals surface area contributed by atoms with Crippen LogP contribution in [0.4, 0.5) is 0 Å². The molecule has 98 valence electrons. The summed E-state index contributed by atoms with van der Waals surface area (Å²) in [5, 5.41) is 11.3. The van der Waals surface area contributed by atoms with Crippen molar-refractivity contribution in [2.24, 2.45) is 0 Å². The first kappa shape index (κ1) is 13.8. The quantitative estimate of drug-likeness (QED) is 0.707. The molecular weight excluding hydrogens is 238 g/mol. The standard InChI is InChI=1S/C12H15NO5/c1-17-8-3-4-9(11(5-8)18-2)10(13-7-14)6-12(15)16/h3-5,7,10H,6H2,1-2H3,(H,13,14)(H,15,16)/t10-/m0/s1. The van der Waals surface area contributed by atoms with Gasteiger partial charge in [-0.15, -0.1) is 0 Å². The van der Waals surface area contributed by atoms with Crippen molar-refractivity contribution in [2.75, 3.05) is 14.2 Å². The highest BCUT2D eigenvalue weighted by atomic mass is 16.5. The number of carboxylic acid groups (broad SMARTS) is 1. The Morgan fingerprint density at radius 1 is 1.44 bits per heavy atom. The summed E-state index contributed by atoms with van der Waals surface area (Å²) in [5.74, 6) is 0.0537. The highest BCUT2D eigenvalue weighted by molar-refractivity contribution is 5.69. The third-order valence-corrected chi connectivity index (χ3v) is 2.46. The summed E-state index contributed by atoms with van der Waals surface area (Å²) in [5.41, 5.74) is 0.591. The summed E-state index contributed by atoms with van der Waals surface area (Å²) in [4.78, 5) is 21.3. The SMILES string of the molecule is COc1ccc([C@H](CC(=O)O)NC=O)c(OC)c1. The number of carboxylic acids is 1. The van der Waals surface area contributed by atoms with Gasteiger partial charge in [-0.3, -0.25) is 9.59 Å². The number of carbonyl (C=O) groups is 2. The van der Waals surface area contributed by atoms with Gasteiger partial charge in [-0.05, 0) is 12.1 Å². The van der Waals surface area contributed by atoms with Crippen LogP contribution in [0.5, 0.6) is 11.5 Å². The molecule has 0 aliphatic carbocycles.